The van der Waals surface area contributed by atoms with E-state index in [0.717, 1.165) is 12.0 Å². The Morgan fingerprint density at radius 3 is 2.67 bits per heavy atom. The molecule has 2 saturated heterocycles. The van der Waals surface area contributed by atoms with Crippen LogP contribution in [0.1, 0.15) is 64.0 Å². The Kier molecular flexibility index (Phi) is 9.73. The lowest BCUT2D eigenvalue weighted by Crippen LogP contribution is -2.66. The minimum absolute atomic E-state index is 0.00419. The predicted octanol–water partition coefficient (Wildman–Crippen LogP) is 1.84. The first-order valence-electron chi connectivity index (χ1n) is 15.5. The molecule has 3 N–H and O–H groups in total. The van der Waals surface area contributed by atoms with Crippen LogP contribution in [0.5, 0.6) is 5.75 Å². The highest BCUT2D eigenvalue weighted by Crippen LogP contribution is 2.39. The van der Waals surface area contributed by atoms with E-state index in [2.05, 4.69) is 33.0 Å². The van der Waals surface area contributed by atoms with Gasteiger partial charge >= 0.3 is 0 Å². The SMILES string of the molecule is CCO[C@@H]1C[C@@H]2CN(C(=O)C(NC(=O)[C@H](C)NC)C3CCC(F)(F)CC3)[C@H](C(=O)N[C@@H]3CCOc4c#cccc43)CN2C1. The van der Waals surface area contributed by atoms with Crippen LogP contribution in [0.2, 0.25) is 0 Å². The number of amides is 3. The van der Waals surface area contributed by atoms with Crippen molar-refractivity contribution in [3.63, 3.8) is 0 Å². The molecule has 12 heteroatoms. The molecule has 1 unspecified atom stereocenters. The van der Waals surface area contributed by atoms with Crippen LogP contribution < -0.4 is 20.7 Å². The van der Waals surface area contributed by atoms with Crippen molar-refractivity contribution in [2.24, 2.45) is 5.92 Å². The molecular formula is C31H43F2N5O5. The Bertz CT molecular complexity index is 1160. The summed E-state index contributed by atoms with van der Waals surface area (Å²) in [5.41, 5.74) is 0.803. The van der Waals surface area contributed by atoms with Crippen LogP contribution in [0, 0.1) is 18.1 Å². The van der Waals surface area contributed by atoms with Gasteiger partial charge in [-0.05, 0) is 64.3 Å². The third-order valence-corrected chi connectivity index (χ3v) is 9.43. The number of fused-ring (bicyclic) bond motifs is 2. The molecule has 4 aliphatic rings. The van der Waals surface area contributed by atoms with Gasteiger partial charge in [0, 0.05) is 57.1 Å². The second kappa shape index (κ2) is 13.3. The molecule has 1 aromatic rings. The van der Waals surface area contributed by atoms with Crippen LogP contribution in [0.4, 0.5) is 8.78 Å². The number of carbonyl (C=O) groups excluding carboxylic acids is 3. The molecule has 10 nitrogen and oxygen atoms in total. The van der Waals surface area contributed by atoms with E-state index in [1.54, 1.807) is 24.9 Å². The van der Waals surface area contributed by atoms with Crippen molar-refractivity contribution < 1.29 is 32.6 Å². The number of ether oxygens (including phenoxy) is 2. The van der Waals surface area contributed by atoms with E-state index in [9.17, 15) is 23.2 Å². The van der Waals surface area contributed by atoms with E-state index in [0.29, 0.717) is 38.5 Å². The molecule has 6 atom stereocenters. The topological polar surface area (TPSA) is 112 Å². The van der Waals surface area contributed by atoms with Crippen LogP contribution in [0.3, 0.4) is 0 Å². The molecule has 3 heterocycles. The second-order valence-corrected chi connectivity index (χ2v) is 12.2. The number of nitrogens with one attached hydrogen (secondary N) is 3. The largest absolute Gasteiger partial charge is 0.485 e. The van der Waals surface area contributed by atoms with Gasteiger partial charge in [0.25, 0.3) is 0 Å². The minimum Gasteiger partial charge on any atom is -0.485 e. The molecule has 1 aliphatic carbocycles. The zero-order valence-corrected chi connectivity index (χ0v) is 25.2. The van der Waals surface area contributed by atoms with Gasteiger partial charge < -0.3 is 30.3 Å². The van der Waals surface area contributed by atoms with Gasteiger partial charge in [-0.3, -0.25) is 19.3 Å². The molecule has 0 radical (unpaired) electrons. The Balaban J connectivity index is 1.41. The van der Waals surface area contributed by atoms with Gasteiger partial charge in [0.15, 0.2) is 5.75 Å². The summed E-state index contributed by atoms with van der Waals surface area (Å²) in [6.07, 6.45) is 0.810. The zero-order chi connectivity index (χ0) is 30.7. The Morgan fingerprint density at radius 1 is 1.19 bits per heavy atom. The van der Waals surface area contributed by atoms with Crippen molar-refractivity contribution in [1.82, 2.24) is 25.8 Å². The minimum atomic E-state index is -2.78. The molecule has 0 aromatic heterocycles. The highest BCUT2D eigenvalue weighted by atomic mass is 19.3. The van der Waals surface area contributed by atoms with Gasteiger partial charge in [0.05, 0.1) is 24.8 Å². The maximum atomic E-state index is 14.5. The summed E-state index contributed by atoms with van der Waals surface area (Å²) in [5, 5.41) is 8.89. The molecule has 5 rings (SSSR count). The quantitative estimate of drug-likeness (QED) is 0.395. The Hall–Kier alpha value is -3.01. The fourth-order valence-corrected chi connectivity index (χ4v) is 6.85. The van der Waals surface area contributed by atoms with Gasteiger partial charge in [-0.15, -0.1) is 0 Å². The number of hydrogen-bond acceptors (Lipinski definition) is 7. The van der Waals surface area contributed by atoms with Crippen molar-refractivity contribution in [3.05, 3.63) is 29.8 Å². The number of piperazine rings is 1. The predicted molar refractivity (Wildman–Crippen MR) is 153 cm³/mol. The molecule has 3 fully saturated rings. The van der Waals surface area contributed by atoms with E-state index >= 15 is 0 Å². The van der Waals surface area contributed by atoms with Gasteiger partial charge in [0.1, 0.15) is 12.1 Å². The summed E-state index contributed by atoms with van der Waals surface area (Å²) < 4.78 is 39.8. The lowest BCUT2D eigenvalue weighted by molar-refractivity contribution is -0.150. The smallest absolute Gasteiger partial charge is 0.248 e. The average molecular weight is 604 g/mol. The van der Waals surface area contributed by atoms with E-state index in [1.807, 2.05) is 13.0 Å². The number of alkyl halides is 2. The number of halogens is 2. The lowest BCUT2D eigenvalue weighted by atomic mass is 9.81. The number of rotatable bonds is 9. The highest BCUT2D eigenvalue weighted by Gasteiger charge is 2.48. The van der Waals surface area contributed by atoms with Crippen molar-refractivity contribution in [2.75, 3.05) is 39.9 Å². The van der Waals surface area contributed by atoms with E-state index < -0.39 is 35.9 Å². The number of nitrogens with zero attached hydrogens (tertiary/aromatic N) is 2. The van der Waals surface area contributed by atoms with Crippen LogP contribution in [0.25, 0.3) is 0 Å². The van der Waals surface area contributed by atoms with Crippen LogP contribution >= 0.6 is 0 Å². The van der Waals surface area contributed by atoms with Crippen LogP contribution in [-0.4, -0.2) is 104 Å². The maximum absolute atomic E-state index is 14.5. The van der Waals surface area contributed by atoms with Crippen LogP contribution in [-0.2, 0) is 19.1 Å². The molecule has 3 aliphatic heterocycles. The van der Waals surface area contributed by atoms with Crippen molar-refractivity contribution in [1.29, 1.82) is 0 Å². The summed E-state index contributed by atoms with van der Waals surface area (Å²) in [6, 6.07) is 6.63. The Labute approximate surface area is 252 Å². The highest BCUT2D eigenvalue weighted by molar-refractivity contribution is 5.93. The summed E-state index contributed by atoms with van der Waals surface area (Å²) in [6.45, 7) is 5.85. The number of likely N-dealkylation sites (N-methyl/N-ethyl adjacent to an activating group) is 1. The molecule has 43 heavy (non-hydrogen) atoms. The molecule has 0 bridgehead atoms. The summed E-state index contributed by atoms with van der Waals surface area (Å²) in [7, 11) is 1.64. The molecule has 3 amide bonds. The molecular weight excluding hydrogens is 560 g/mol. The van der Waals surface area contributed by atoms with Crippen LogP contribution in [0.15, 0.2) is 12.1 Å². The standard InChI is InChI=1S/C31H43F2N5O5/c1-4-42-22-15-21-16-38(30(41)27(36-28(39)19(2)34-3)20-9-12-31(32,33)13-10-20)25(18-37(21)17-22)29(40)35-24-11-14-43-26-8-6-5-7-23(24)26/h5,7,19-22,24-25,27,34H,4,9-18H2,1-3H3,(H,35,40)(H,36,39)/t19-,21+,22+,24+,25-,27?/m0/s1. The van der Waals surface area contributed by atoms with Gasteiger partial charge in [0.2, 0.25) is 23.6 Å². The second-order valence-electron chi connectivity index (χ2n) is 12.2. The van der Waals surface area contributed by atoms with Crippen molar-refractivity contribution >= 4 is 17.7 Å². The third kappa shape index (κ3) is 7.05. The lowest BCUT2D eigenvalue weighted by Gasteiger charge is -2.45. The fourth-order valence-electron chi connectivity index (χ4n) is 6.85. The van der Waals surface area contributed by atoms with E-state index in [-0.39, 0.29) is 62.2 Å². The summed E-state index contributed by atoms with van der Waals surface area (Å²) >= 11 is 0. The molecule has 0 spiro atoms. The Morgan fingerprint density at radius 2 is 1.95 bits per heavy atom. The number of carbonyl (C=O) groups is 3. The maximum Gasteiger partial charge on any atom is 0.248 e. The normalized spacial score (nSPS) is 28.4. The number of hydrogen-bond donors (Lipinski definition) is 3. The van der Waals surface area contributed by atoms with E-state index in [1.165, 1.54) is 0 Å². The fraction of sp³-hybridized carbons (Fsp3) is 0.710. The third-order valence-electron chi connectivity index (χ3n) is 9.43. The zero-order valence-electron chi connectivity index (χ0n) is 25.2. The van der Waals surface area contributed by atoms with Gasteiger partial charge in [-0.1, -0.05) is 6.07 Å². The first-order chi connectivity index (χ1) is 20.6. The monoisotopic (exact) mass is 603 g/mol. The first-order valence-corrected chi connectivity index (χ1v) is 15.5. The van der Waals surface area contributed by atoms with Crippen molar-refractivity contribution in [3.8, 4) is 5.75 Å². The molecule has 236 valence electrons. The average Bonchev–Trinajstić information content (AvgIpc) is 3.40. The summed E-state index contributed by atoms with van der Waals surface area (Å²) in [5.74, 6) is -3.79. The summed E-state index contributed by atoms with van der Waals surface area (Å²) in [4.78, 5) is 45.3. The molecule has 1 aromatic carbocycles. The van der Waals surface area contributed by atoms with Gasteiger partial charge in [-0.2, -0.15) is 0 Å². The van der Waals surface area contributed by atoms with Gasteiger partial charge in [-0.25, -0.2) is 8.78 Å². The first kappa shape index (κ1) is 31.4. The molecule has 1 saturated carbocycles. The van der Waals surface area contributed by atoms with Crippen molar-refractivity contribution in [2.45, 2.75) is 94.6 Å². The van der Waals surface area contributed by atoms with E-state index in [4.69, 9.17) is 9.47 Å².